The highest BCUT2D eigenvalue weighted by atomic mass is 32.2. The molecule has 69 heavy (non-hydrogen) atoms. The molecule has 0 N–H and O–H groups in total. The highest BCUT2D eigenvalue weighted by molar-refractivity contribution is 7.97. The van der Waals surface area contributed by atoms with E-state index in [0.717, 1.165) is 0 Å². The van der Waals surface area contributed by atoms with Gasteiger partial charge in [0, 0.05) is 0 Å². The number of halogens is 12. The summed E-state index contributed by atoms with van der Waals surface area (Å²) in [6.07, 6.45) is -7.16. The lowest BCUT2D eigenvalue weighted by atomic mass is 10.1. The summed E-state index contributed by atoms with van der Waals surface area (Å²) >= 11 is 0. The Kier molecular flexibility index (Phi) is 19.3. The van der Waals surface area contributed by atoms with Crippen LogP contribution in [0.25, 0.3) is 0 Å². The number of alkyl halides is 12. The Hall–Kier alpha value is -5.00. The van der Waals surface area contributed by atoms with Gasteiger partial charge in [0.2, 0.25) is 0 Å². The molecule has 0 spiro atoms. The molecule has 6 nitrogen and oxygen atoms in total. The summed E-state index contributed by atoms with van der Waals surface area (Å²) in [6.45, 7) is 12.8. The molecule has 0 aliphatic heterocycles. The highest BCUT2D eigenvalue weighted by Crippen LogP contribution is 2.54. The summed E-state index contributed by atoms with van der Waals surface area (Å²) in [5.74, 6) is -14.8. The molecule has 0 aliphatic carbocycles. The van der Waals surface area contributed by atoms with Crippen LogP contribution in [0.5, 0.6) is 0 Å². The van der Waals surface area contributed by atoms with Gasteiger partial charge in [-0.25, -0.2) is 16.8 Å². The number of aryl methyl sites for hydroxylation is 6. The predicted molar refractivity (Wildman–Crippen MR) is 238 cm³/mol. The lowest BCUT2D eigenvalue weighted by Crippen LogP contribution is -2.63. The van der Waals surface area contributed by atoms with Crippen molar-refractivity contribution in [3.8, 4) is 0 Å². The maximum Gasteiger partial charge on any atom is 0.485 e. The van der Waals surface area contributed by atoms with E-state index in [0.29, 0.717) is 0 Å². The Morgan fingerprint density at radius 3 is 0.594 bits per heavy atom. The monoisotopic (exact) mass is 1060 g/mol. The third kappa shape index (κ3) is 15.2. The zero-order valence-corrected chi connectivity index (χ0v) is 40.2. The lowest BCUT2D eigenvalue weighted by Gasteiger charge is -2.34. The van der Waals surface area contributed by atoms with Crippen LogP contribution in [0.3, 0.4) is 0 Å². The fraction of sp³-hybridized carbons (Fsp3) is 0.234. The largest absolute Gasteiger partial charge is 0.743 e. The van der Waals surface area contributed by atoms with Gasteiger partial charge in [0.05, 0.1) is 21.8 Å². The smallest absolute Gasteiger partial charge is 0.485 e. The molecule has 0 bridgehead atoms. The van der Waals surface area contributed by atoms with E-state index in [2.05, 4.69) is 187 Å². The predicted octanol–water partition coefficient (Wildman–Crippen LogP) is 13.4. The van der Waals surface area contributed by atoms with Crippen molar-refractivity contribution in [1.29, 1.82) is 0 Å². The molecule has 0 fully saturated rings. The highest BCUT2D eigenvalue weighted by Gasteiger charge is 2.83. The van der Waals surface area contributed by atoms with Gasteiger partial charge in [-0.1, -0.05) is 106 Å². The van der Waals surface area contributed by atoms with E-state index in [1.165, 1.54) is 62.8 Å². The first-order valence-corrected chi connectivity index (χ1v) is 24.8. The molecule has 0 unspecified atom stereocenters. The average molecular weight is 1060 g/mol. The molecule has 22 heteroatoms. The van der Waals surface area contributed by atoms with Crippen molar-refractivity contribution < 1.29 is 78.6 Å². The molecular formula is C47H42F12O6S4. The molecule has 0 aromatic heterocycles. The number of benzene rings is 6. The summed E-state index contributed by atoms with van der Waals surface area (Å²) in [5.41, 5.74) is 2.19. The normalized spacial score (nSPS) is 12.6. The third-order valence-electron chi connectivity index (χ3n) is 9.25. The van der Waals surface area contributed by atoms with Gasteiger partial charge in [0.25, 0.3) is 0 Å². The fourth-order valence-corrected chi connectivity index (χ4v) is 9.91. The number of rotatable bonds is 9. The summed E-state index contributed by atoms with van der Waals surface area (Å²) in [7, 11) is -13.6. The molecule has 0 radical (unpaired) electrons. The van der Waals surface area contributed by atoms with E-state index in [-0.39, 0.29) is 21.8 Å². The van der Waals surface area contributed by atoms with E-state index in [4.69, 9.17) is 13.0 Å². The van der Waals surface area contributed by atoms with Crippen molar-refractivity contribution >= 4 is 42.0 Å². The first kappa shape index (κ1) is 58.3. The minimum atomic E-state index is -7.43. The molecule has 6 rings (SSSR count). The third-order valence-corrected chi connectivity index (χ3v) is 15.2. The molecular weight excluding hydrogens is 1020 g/mol. The number of hydrogen-bond donors (Lipinski definition) is 0. The summed E-state index contributed by atoms with van der Waals surface area (Å²) in [4.78, 5) is 8.24. The summed E-state index contributed by atoms with van der Waals surface area (Å²) < 4.78 is 194. The fourth-order valence-electron chi connectivity index (χ4n) is 5.38. The minimum absolute atomic E-state index is 0.0394. The van der Waals surface area contributed by atoms with Crippen LogP contribution in [-0.2, 0) is 42.0 Å². The lowest BCUT2D eigenvalue weighted by molar-refractivity contribution is -0.382. The second-order valence-corrected chi connectivity index (χ2v) is 21.9. The average Bonchev–Trinajstić information content (AvgIpc) is 3.24. The Morgan fingerprint density at radius 1 is 0.319 bits per heavy atom. The second kappa shape index (κ2) is 22.8. The van der Waals surface area contributed by atoms with Crippen LogP contribution in [0.4, 0.5) is 52.7 Å². The molecule has 0 heterocycles. The standard InChI is InChI=1S/2C21H21S.C4HF9O3S.CHF3O3S/c2*1-16-4-10-19(11-5-16)22(20-12-6-17(2)7-13-20)21-14-8-18(3)9-15-21;5-1(6,3(9,10)11)2(7,8)4(12,13)17(14,15)16;2-1(3,4)8(5,6)7/h2*4-15H,1-3H3;(H,14,15,16);(H,5,6,7)/q2*+1;;/p-2. The molecule has 0 amide bonds. The van der Waals surface area contributed by atoms with Gasteiger partial charge in [0.1, 0.15) is 0 Å². The summed E-state index contributed by atoms with van der Waals surface area (Å²) in [5, 5.41) is -7.11. The quantitative estimate of drug-likeness (QED) is 0.0617. The van der Waals surface area contributed by atoms with E-state index in [9.17, 15) is 65.7 Å². The van der Waals surface area contributed by atoms with Crippen molar-refractivity contribution in [1.82, 2.24) is 0 Å². The van der Waals surface area contributed by atoms with Crippen molar-refractivity contribution in [2.75, 3.05) is 0 Å². The second-order valence-electron chi connectivity index (χ2n) is 15.0. The number of hydrogen-bond acceptors (Lipinski definition) is 6. The van der Waals surface area contributed by atoms with Crippen LogP contribution in [-0.4, -0.2) is 54.7 Å². The van der Waals surface area contributed by atoms with E-state index in [1.54, 1.807) is 0 Å². The summed E-state index contributed by atoms with van der Waals surface area (Å²) in [6, 6.07) is 53.6. The Labute approximate surface area is 397 Å². The van der Waals surface area contributed by atoms with Gasteiger partial charge in [-0.3, -0.25) is 0 Å². The maximum atomic E-state index is 12.2. The van der Waals surface area contributed by atoms with Gasteiger partial charge < -0.3 is 9.11 Å². The van der Waals surface area contributed by atoms with Crippen molar-refractivity contribution in [3.63, 3.8) is 0 Å². The Balaban J connectivity index is 0.000000256. The van der Waals surface area contributed by atoms with Crippen molar-refractivity contribution in [3.05, 3.63) is 179 Å². The van der Waals surface area contributed by atoms with Gasteiger partial charge in [0.15, 0.2) is 49.6 Å². The Bertz CT molecular complexity index is 2450. The molecule has 0 saturated carbocycles. The van der Waals surface area contributed by atoms with Gasteiger partial charge in [-0.2, -0.15) is 52.7 Å². The molecule has 0 saturated heterocycles. The van der Waals surface area contributed by atoms with Crippen molar-refractivity contribution in [2.45, 2.75) is 99.7 Å². The molecule has 0 aliphatic rings. The maximum absolute atomic E-state index is 12.2. The van der Waals surface area contributed by atoms with Crippen LogP contribution in [0.1, 0.15) is 33.4 Å². The zero-order chi connectivity index (χ0) is 52.6. The van der Waals surface area contributed by atoms with Gasteiger partial charge >= 0.3 is 28.8 Å². The van der Waals surface area contributed by atoms with Crippen molar-refractivity contribution in [2.24, 2.45) is 0 Å². The van der Waals surface area contributed by atoms with E-state index >= 15 is 0 Å². The minimum Gasteiger partial charge on any atom is -0.743 e. The first-order valence-electron chi connectivity index (χ1n) is 19.6. The SMILES string of the molecule is Cc1ccc([S+](c2ccc(C)cc2)c2ccc(C)cc2)cc1.Cc1ccc([S+](c2ccc(C)cc2)c2ccc(C)cc2)cc1.O=S(=O)([O-])C(F)(F)C(F)(F)C(F)(F)C(F)(F)F.O=S(=O)([O-])C(F)(F)F. The van der Waals surface area contributed by atoms with Gasteiger partial charge in [-0.05, 0) is 114 Å². The van der Waals surface area contributed by atoms with Crippen LogP contribution in [0.15, 0.2) is 175 Å². The molecule has 6 aromatic rings. The topological polar surface area (TPSA) is 114 Å². The molecule has 0 atom stereocenters. The van der Waals surface area contributed by atoms with Crippen LogP contribution < -0.4 is 0 Å². The van der Waals surface area contributed by atoms with E-state index < -0.39 is 49.0 Å². The first-order chi connectivity index (χ1) is 31.5. The van der Waals surface area contributed by atoms with Crippen LogP contribution in [0.2, 0.25) is 0 Å². The molecule has 374 valence electrons. The van der Waals surface area contributed by atoms with Gasteiger partial charge in [-0.15, -0.1) is 0 Å². The molecule has 6 aromatic carbocycles. The Morgan fingerprint density at radius 2 is 0.478 bits per heavy atom. The van der Waals surface area contributed by atoms with Crippen LogP contribution >= 0.6 is 0 Å². The zero-order valence-electron chi connectivity index (χ0n) is 37.0. The van der Waals surface area contributed by atoms with Crippen LogP contribution in [0, 0.1) is 41.5 Å². The van der Waals surface area contributed by atoms with E-state index in [1.807, 2.05) is 0 Å².